The molecule has 0 bridgehead atoms. The van der Waals surface area contributed by atoms with Crippen LogP contribution in [0.4, 0.5) is 0 Å². The lowest BCUT2D eigenvalue weighted by atomic mass is 9.97. The van der Waals surface area contributed by atoms with Gasteiger partial charge in [-0.15, -0.1) is 6.42 Å². The molecule has 1 aromatic carbocycles. The zero-order valence-corrected chi connectivity index (χ0v) is 7.77. The van der Waals surface area contributed by atoms with E-state index in [-0.39, 0.29) is 5.92 Å². The molecule has 2 rings (SSSR count). The van der Waals surface area contributed by atoms with Gasteiger partial charge in [-0.2, -0.15) is 0 Å². The Bertz CT molecular complexity index is 420. The van der Waals surface area contributed by atoms with Gasteiger partial charge in [-0.25, -0.2) is 0 Å². The molecule has 0 saturated carbocycles. The highest BCUT2D eigenvalue weighted by Gasteiger charge is 2.10. The molecule has 1 heterocycles. The van der Waals surface area contributed by atoms with Crippen LogP contribution in [0.2, 0.25) is 0 Å². The molecule has 0 saturated heterocycles. The lowest BCUT2D eigenvalue weighted by Crippen LogP contribution is -1.97. The van der Waals surface area contributed by atoms with Gasteiger partial charge in [-0.1, -0.05) is 36.3 Å². The Hall–Kier alpha value is -1.94. The van der Waals surface area contributed by atoms with Crippen LogP contribution in [0.25, 0.3) is 0 Å². The van der Waals surface area contributed by atoms with Gasteiger partial charge in [0, 0.05) is 11.9 Å². The zero-order valence-electron chi connectivity index (χ0n) is 7.77. The fourth-order valence-electron chi connectivity index (χ4n) is 1.53. The van der Waals surface area contributed by atoms with E-state index in [1.165, 1.54) is 0 Å². The molecule has 0 fully saturated rings. The predicted octanol–water partition coefficient (Wildman–Crippen LogP) is 2.78. The minimum absolute atomic E-state index is 0.0335. The number of hydrogen-bond donors (Lipinski definition) is 1. The fraction of sp³-hybridized carbons (Fsp3) is 0.0769. The maximum absolute atomic E-state index is 5.53. The summed E-state index contributed by atoms with van der Waals surface area (Å²) in [5.74, 6) is 2.82. The normalized spacial score (nSPS) is 11.9. The number of benzene rings is 1. The highest BCUT2D eigenvalue weighted by Crippen LogP contribution is 2.21. The lowest BCUT2D eigenvalue weighted by molar-refractivity contribution is 1.00. The molecule has 0 amide bonds. The Morgan fingerprint density at radius 3 is 2.43 bits per heavy atom. The van der Waals surface area contributed by atoms with Crippen LogP contribution in [-0.2, 0) is 0 Å². The van der Waals surface area contributed by atoms with Gasteiger partial charge in [-0.05, 0) is 17.7 Å². The van der Waals surface area contributed by atoms with Crippen molar-refractivity contribution in [3.05, 3.63) is 59.9 Å². The van der Waals surface area contributed by atoms with Crippen molar-refractivity contribution >= 4 is 0 Å². The quantitative estimate of drug-likeness (QED) is 0.686. The molecule has 0 aliphatic heterocycles. The molecule has 0 spiro atoms. The Kier molecular flexibility index (Phi) is 2.38. The molecular weight excluding hydrogens is 170 g/mol. The van der Waals surface area contributed by atoms with Gasteiger partial charge < -0.3 is 4.98 Å². The van der Waals surface area contributed by atoms with Crippen LogP contribution in [0, 0.1) is 12.3 Å². The summed E-state index contributed by atoms with van der Waals surface area (Å²) in [7, 11) is 0. The van der Waals surface area contributed by atoms with Gasteiger partial charge in [-0.3, -0.25) is 0 Å². The van der Waals surface area contributed by atoms with Crippen molar-refractivity contribution in [1.29, 1.82) is 0 Å². The topological polar surface area (TPSA) is 15.8 Å². The molecule has 2 aromatic rings. The summed E-state index contributed by atoms with van der Waals surface area (Å²) in [6.07, 6.45) is 7.42. The molecular formula is C13H11N. The van der Waals surface area contributed by atoms with Crippen LogP contribution in [0.1, 0.15) is 17.2 Å². The molecule has 1 heteroatoms. The molecule has 1 atom stereocenters. The second-order valence-electron chi connectivity index (χ2n) is 3.14. The maximum atomic E-state index is 5.53. The smallest absolute Gasteiger partial charge is 0.0849 e. The van der Waals surface area contributed by atoms with Gasteiger partial charge in [0.25, 0.3) is 0 Å². The molecule has 1 N–H and O–H groups in total. The number of aromatic amines is 1. The average Bonchev–Trinajstić information content (AvgIpc) is 2.74. The summed E-state index contributed by atoms with van der Waals surface area (Å²) >= 11 is 0. The van der Waals surface area contributed by atoms with Gasteiger partial charge >= 0.3 is 0 Å². The molecule has 1 aromatic heterocycles. The Labute approximate surface area is 83.8 Å². The van der Waals surface area contributed by atoms with Gasteiger partial charge in [0.2, 0.25) is 0 Å². The third kappa shape index (κ3) is 1.55. The van der Waals surface area contributed by atoms with Crippen molar-refractivity contribution in [2.24, 2.45) is 0 Å². The average molecular weight is 181 g/mol. The van der Waals surface area contributed by atoms with E-state index >= 15 is 0 Å². The van der Waals surface area contributed by atoms with Gasteiger partial charge in [0.1, 0.15) is 0 Å². The Balaban J connectivity index is 2.38. The number of H-pyrrole nitrogens is 1. The summed E-state index contributed by atoms with van der Waals surface area (Å²) in [5, 5.41) is 0. The maximum Gasteiger partial charge on any atom is 0.0849 e. The second kappa shape index (κ2) is 3.85. The molecule has 14 heavy (non-hydrogen) atoms. The molecule has 0 radical (unpaired) electrons. The lowest BCUT2D eigenvalue weighted by Gasteiger charge is -2.08. The third-order valence-corrected chi connectivity index (χ3v) is 2.23. The first-order valence-corrected chi connectivity index (χ1v) is 4.56. The van der Waals surface area contributed by atoms with Crippen molar-refractivity contribution in [1.82, 2.24) is 4.98 Å². The zero-order chi connectivity index (χ0) is 9.80. The standard InChI is InChI=1S/C13H11N/c1-2-12(13-9-6-10-14-13)11-7-4-3-5-8-11/h1,3-10,12,14H. The third-order valence-electron chi connectivity index (χ3n) is 2.23. The van der Waals surface area contributed by atoms with Crippen molar-refractivity contribution < 1.29 is 0 Å². The van der Waals surface area contributed by atoms with Crippen LogP contribution in [0.3, 0.4) is 0 Å². The van der Waals surface area contributed by atoms with Crippen molar-refractivity contribution in [3.8, 4) is 12.3 Å². The van der Waals surface area contributed by atoms with E-state index in [1.54, 1.807) is 0 Å². The number of aromatic nitrogens is 1. The second-order valence-corrected chi connectivity index (χ2v) is 3.14. The van der Waals surface area contributed by atoms with Crippen LogP contribution >= 0.6 is 0 Å². The summed E-state index contributed by atoms with van der Waals surface area (Å²) in [5.41, 5.74) is 2.22. The minimum atomic E-state index is 0.0335. The molecule has 1 nitrogen and oxygen atoms in total. The Morgan fingerprint density at radius 1 is 1.07 bits per heavy atom. The van der Waals surface area contributed by atoms with E-state index in [4.69, 9.17) is 6.42 Å². The highest BCUT2D eigenvalue weighted by atomic mass is 14.7. The first kappa shape index (κ1) is 8.65. The minimum Gasteiger partial charge on any atom is -0.364 e. The number of rotatable bonds is 2. The molecule has 68 valence electrons. The van der Waals surface area contributed by atoms with Gasteiger partial charge in [0.15, 0.2) is 0 Å². The highest BCUT2D eigenvalue weighted by molar-refractivity contribution is 5.35. The first-order chi connectivity index (χ1) is 6.92. The van der Waals surface area contributed by atoms with E-state index in [0.717, 1.165) is 11.3 Å². The molecule has 0 aliphatic carbocycles. The van der Waals surface area contributed by atoms with E-state index in [0.29, 0.717) is 0 Å². The van der Waals surface area contributed by atoms with Crippen molar-refractivity contribution in [3.63, 3.8) is 0 Å². The van der Waals surface area contributed by atoms with Crippen molar-refractivity contribution in [2.75, 3.05) is 0 Å². The van der Waals surface area contributed by atoms with Gasteiger partial charge in [0.05, 0.1) is 5.92 Å². The molecule has 0 aliphatic rings. The summed E-state index contributed by atoms with van der Waals surface area (Å²) < 4.78 is 0. The summed E-state index contributed by atoms with van der Waals surface area (Å²) in [4.78, 5) is 3.14. The van der Waals surface area contributed by atoms with E-state index in [1.807, 2.05) is 48.7 Å². The fourth-order valence-corrected chi connectivity index (χ4v) is 1.53. The Morgan fingerprint density at radius 2 is 1.86 bits per heavy atom. The largest absolute Gasteiger partial charge is 0.364 e. The first-order valence-electron chi connectivity index (χ1n) is 4.56. The van der Waals surface area contributed by atoms with E-state index in [2.05, 4.69) is 10.9 Å². The van der Waals surface area contributed by atoms with E-state index < -0.39 is 0 Å². The van der Waals surface area contributed by atoms with Crippen LogP contribution in [0.5, 0.6) is 0 Å². The van der Waals surface area contributed by atoms with Crippen molar-refractivity contribution in [2.45, 2.75) is 5.92 Å². The predicted molar refractivity (Wildman–Crippen MR) is 57.9 cm³/mol. The summed E-state index contributed by atoms with van der Waals surface area (Å²) in [6.45, 7) is 0. The van der Waals surface area contributed by atoms with Crippen LogP contribution in [0.15, 0.2) is 48.7 Å². The number of terminal acetylenes is 1. The molecule has 1 unspecified atom stereocenters. The number of nitrogens with one attached hydrogen (secondary N) is 1. The van der Waals surface area contributed by atoms with Crippen LogP contribution in [-0.4, -0.2) is 4.98 Å². The number of hydrogen-bond acceptors (Lipinski definition) is 0. The van der Waals surface area contributed by atoms with E-state index in [9.17, 15) is 0 Å². The SMILES string of the molecule is C#CC(c1ccccc1)c1ccc[nH]1. The monoisotopic (exact) mass is 181 g/mol. The summed E-state index contributed by atoms with van der Waals surface area (Å²) in [6, 6.07) is 14.1. The van der Waals surface area contributed by atoms with Crippen LogP contribution < -0.4 is 0 Å².